The van der Waals surface area contributed by atoms with Crippen molar-refractivity contribution in [3.05, 3.63) is 29.8 Å². The summed E-state index contributed by atoms with van der Waals surface area (Å²) < 4.78 is 5.50. The topological polar surface area (TPSA) is 50.4 Å². The van der Waals surface area contributed by atoms with Crippen molar-refractivity contribution in [2.24, 2.45) is 0 Å². The number of amides is 1. The van der Waals surface area contributed by atoms with E-state index in [1.54, 1.807) is 0 Å². The van der Waals surface area contributed by atoms with E-state index in [9.17, 15) is 4.79 Å². The van der Waals surface area contributed by atoms with Crippen LogP contribution in [0.3, 0.4) is 0 Å². The first-order valence-corrected chi connectivity index (χ1v) is 7.04. The molecule has 2 aliphatic rings. The van der Waals surface area contributed by atoms with Crippen molar-refractivity contribution in [3.63, 3.8) is 0 Å². The summed E-state index contributed by atoms with van der Waals surface area (Å²) in [7, 11) is 0. The van der Waals surface area contributed by atoms with Gasteiger partial charge in [-0.05, 0) is 24.5 Å². The van der Waals surface area contributed by atoms with Crippen LogP contribution >= 0.6 is 0 Å². The first-order chi connectivity index (χ1) is 9.33. The van der Waals surface area contributed by atoms with Crippen LogP contribution in [0.2, 0.25) is 0 Å². The summed E-state index contributed by atoms with van der Waals surface area (Å²) in [6.45, 7) is 2.34. The fraction of sp³-hybridized carbons (Fsp3) is 0.533. The first-order valence-electron chi connectivity index (χ1n) is 7.04. The van der Waals surface area contributed by atoms with Crippen LogP contribution in [-0.2, 0) is 9.53 Å². The van der Waals surface area contributed by atoms with Crippen LogP contribution in [0, 0.1) is 0 Å². The summed E-state index contributed by atoms with van der Waals surface area (Å²) >= 11 is 0. The van der Waals surface area contributed by atoms with Crippen molar-refractivity contribution in [1.29, 1.82) is 0 Å². The molecular weight excluding hydrogens is 240 g/mol. The molecule has 0 aliphatic carbocycles. The highest BCUT2D eigenvalue weighted by Crippen LogP contribution is 2.32. The largest absolute Gasteiger partial charge is 0.384 e. The lowest BCUT2D eigenvalue weighted by Crippen LogP contribution is -2.32. The van der Waals surface area contributed by atoms with E-state index < -0.39 is 0 Å². The quantitative estimate of drug-likeness (QED) is 0.869. The van der Waals surface area contributed by atoms with Crippen LogP contribution in [0.15, 0.2) is 24.3 Å². The maximum absolute atomic E-state index is 12.0. The minimum absolute atomic E-state index is 0.124. The van der Waals surface area contributed by atoms with E-state index in [4.69, 9.17) is 4.74 Å². The van der Waals surface area contributed by atoms with Crippen molar-refractivity contribution in [2.75, 3.05) is 25.0 Å². The summed E-state index contributed by atoms with van der Waals surface area (Å²) in [5.41, 5.74) is 2.43. The molecule has 0 aromatic heterocycles. The maximum atomic E-state index is 12.0. The molecule has 19 heavy (non-hydrogen) atoms. The number of hydrogen-bond donors (Lipinski definition) is 2. The molecule has 2 unspecified atom stereocenters. The van der Waals surface area contributed by atoms with Gasteiger partial charge in [-0.1, -0.05) is 18.2 Å². The predicted molar refractivity (Wildman–Crippen MR) is 74.3 cm³/mol. The predicted octanol–water partition coefficient (Wildman–Crippen LogP) is 1.88. The van der Waals surface area contributed by atoms with Gasteiger partial charge in [-0.15, -0.1) is 0 Å². The number of carbonyl (C=O) groups excluding carboxylic acids is 1. The number of hydrogen-bond acceptors (Lipinski definition) is 3. The Morgan fingerprint density at radius 2 is 2.32 bits per heavy atom. The molecule has 2 atom stereocenters. The van der Waals surface area contributed by atoms with Gasteiger partial charge in [-0.3, -0.25) is 4.79 Å². The average Bonchev–Trinajstić information content (AvgIpc) is 3.07. The smallest absolute Gasteiger partial charge is 0.220 e. The highest BCUT2D eigenvalue weighted by molar-refractivity contribution is 5.78. The molecule has 0 radical (unpaired) electrons. The molecule has 1 saturated heterocycles. The summed E-state index contributed by atoms with van der Waals surface area (Å²) in [6.07, 6.45) is 2.95. The fourth-order valence-corrected chi connectivity index (χ4v) is 2.87. The van der Waals surface area contributed by atoms with E-state index in [1.807, 2.05) is 12.1 Å². The van der Waals surface area contributed by atoms with E-state index in [1.165, 1.54) is 11.3 Å². The zero-order valence-corrected chi connectivity index (χ0v) is 11.0. The number of fused-ring (bicyclic) bond motifs is 1. The normalized spacial score (nSPS) is 24.8. The zero-order chi connectivity index (χ0) is 13.1. The van der Waals surface area contributed by atoms with E-state index in [0.29, 0.717) is 18.9 Å². The molecule has 0 spiro atoms. The highest BCUT2D eigenvalue weighted by Gasteiger charge is 2.24. The second-order valence-electron chi connectivity index (χ2n) is 5.31. The minimum Gasteiger partial charge on any atom is -0.384 e. The SMILES string of the molecule is O=C(CC1CNc2ccccc21)NCC1CCCO1. The van der Waals surface area contributed by atoms with Gasteiger partial charge in [0, 0.05) is 37.7 Å². The van der Waals surface area contributed by atoms with Gasteiger partial charge in [0.1, 0.15) is 0 Å². The van der Waals surface area contributed by atoms with Gasteiger partial charge in [0.05, 0.1) is 6.10 Å². The molecule has 1 aromatic rings. The van der Waals surface area contributed by atoms with Gasteiger partial charge in [-0.25, -0.2) is 0 Å². The van der Waals surface area contributed by atoms with Gasteiger partial charge in [0.2, 0.25) is 5.91 Å². The Balaban J connectivity index is 1.50. The highest BCUT2D eigenvalue weighted by atomic mass is 16.5. The molecule has 2 aliphatic heterocycles. The van der Waals surface area contributed by atoms with Gasteiger partial charge in [0.25, 0.3) is 0 Å². The molecular formula is C15H20N2O2. The Bertz CT molecular complexity index is 455. The standard InChI is InChI=1S/C15H20N2O2/c18-15(17-10-12-4-3-7-19-12)8-11-9-16-14-6-2-1-5-13(11)14/h1-2,5-6,11-12,16H,3-4,7-10H2,(H,17,18). The Kier molecular flexibility index (Phi) is 3.69. The zero-order valence-electron chi connectivity index (χ0n) is 11.0. The number of anilines is 1. The molecule has 102 valence electrons. The summed E-state index contributed by atoms with van der Waals surface area (Å²) in [4.78, 5) is 12.0. The molecule has 4 heteroatoms. The van der Waals surface area contributed by atoms with Crippen LogP contribution in [0.1, 0.15) is 30.7 Å². The molecule has 1 fully saturated rings. The molecule has 1 aromatic carbocycles. The monoisotopic (exact) mass is 260 g/mol. The number of nitrogens with one attached hydrogen (secondary N) is 2. The van der Waals surface area contributed by atoms with Gasteiger partial charge in [-0.2, -0.15) is 0 Å². The Hall–Kier alpha value is -1.55. The Morgan fingerprint density at radius 3 is 3.16 bits per heavy atom. The molecule has 3 rings (SSSR count). The molecule has 4 nitrogen and oxygen atoms in total. The molecule has 2 heterocycles. The third kappa shape index (κ3) is 2.89. The van der Waals surface area contributed by atoms with Gasteiger partial charge in [0.15, 0.2) is 0 Å². The Morgan fingerprint density at radius 1 is 1.42 bits per heavy atom. The molecule has 0 saturated carbocycles. The van der Waals surface area contributed by atoms with Crippen LogP contribution in [-0.4, -0.2) is 31.7 Å². The second-order valence-corrected chi connectivity index (χ2v) is 5.31. The second kappa shape index (κ2) is 5.61. The van der Waals surface area contributed by atoms with Crippen LogP contribution in [0.4, 0.5) is 5.69 Å². The molecule has 1 amide bonds. The van der Waals surface area contributed by atoms with Gasteiger partial charge >= 0.3 is 0 Å². The van der Waals surface area contributed by atoms with Crippen LogP contribution < -0.4 is 10.6 Å². The lowest BCUT2D eigenvalue weighted by atomic mass is 9.97. The third-order valence-electron chi connectivity index (χ3n) is 3.92. The number of rotatable bonds is 4. The summed E-state index contributed by atoms with van der Waals surface area (Å²) in [5, 5.41) is 6.34. The first kappa shape index (κ1) is 12.5. The number of carbonyl (C=O) groups is 1. The number of ether oxygens (including phenoxy) is 1. The fourth-order valence-electron chi connectivity index (χ4n) is 2.87. The van der Waals surface area contributed by atoms with E-state index >= 15 is 0 Å². The number of para-hydroxylation sites is 1. The van der Waals surface area contributed by atoms with Crippen molar-refractivity contribution in [1.82, 2.24) is 5.32 Å². The summed E-state index contributed by atoms with van der Waals surface area (Å²) in [6, 6.07) is 8.22. The van der Waals surface area contributed by atoms with Crippen molar-refractivity contribution >= 4 is 11.6 Å². The Labute approximate surface area is 113 Å². The van der Waals surface area contributed by atoms with E-state index in [2.05, 4.69) is 22.8 Å². The average molecular weight is 260 g/mol. The molecule has 0 bridgehead atoms. The van der Waals surface area contributed by atoms with Crippen molar-refractivity contribution in [2.45, 2.75) is 31.3 Å². The van der Waals surface area contributed by atoms with E-state index in [0.717, 1.165) is 26.0 Å². The van der Waals surface area contributed by atoms with Gasteiger partial charge < -0.3 is 15.4 Å². The summed E-state index contributed by atoms with van der Waals surface area (Å²) in [5.74, 6) is 0.416. The van der Waals surface area contributed by atoms with Crippen molar-refractivity contribution < 1.29 is 9.53 Å². The van der Waals surface area contributed by atoms with Crippen LogP contribution in [0.5, 0.6) is 0 Å². The maximum Gasteiger partial charge on any atom is 0.220 e. The lowest BCUT2D eigenvalue weighted by Gasteiger charge is -2.13. The van der Waals surface area contributed by atoms with E-state index in [-0.39, 0.29) is 12.0 Å². The van der Waals surface area contributed by atoms with Crippen molar-refractivity contribution in [3.8, 4) is 0 Å². The third-order valence-corrected chi connectivity index (χ3v) is 3.92. The minimum atomic E-state index is 0.124. The van der Waals surface area contributed by atoms with Crippen LogP contribution in [0.25, 0.3) is 0 Å². The number of benzene rings is 1. The lowest BCUT2D eigenvalue weighted by molar-refractivity contribution is -0.121. The molecule has 2 N–H and O–H groups in total.